The molecule has 0 atom stereocenters. The van der Waals surface area contributed by atoms with Gasteiger partial charge < -0.3 is 10.4 Å². The van der Waals surface area contributed by atoms with Crippen molar-refractivity contribution in [2.24, 2.45) is 0 Å². The third kappa shape index (κ3) is 2.67. The largest absolute Gasteiger partial charge is 0.477 e. The minimum absolute atomic E-state index is 0.0564. The van der Waals surface area contributed by atoms with E-state index in [1.54, 1.807) is 17.5 Å². The number of anilines is 1. The lowest BCUT2D eigenvalue weighted by molar-refractivity contribution is 0.0690. The van der Waals surface area contributed by atoms with Gasteiger partial charge in [-0.1, -0.05) is 6.07 Å². The molecule has 0 aliphatic rings. The number of amides is 1. The Hall–Kier alpha value is -2.21. The smallest absolute Gasteiger partial charge is 0.354 e. The summed E-state index contributed by atoms with van der Waals surface area (Å²) in [5.74, 6) is -1.33. The van der Waals surface area contributed by atoms with Crippen molar-refractivity contribution in [1.82, 2.24) is 4.98 Å². The van der Waals surface area contributed by atoms with Gasteiger partial charge in [0.2, 0.25) is 0 Å². The van der Waals surface area contributed by atoms with Crippen LogP contribution in [0.3, 0.4) is 0 Å². The molecular formula is C11H8N2O3S. The molecule has 2 aromatic rings. The van der Waals surface area contributed by atoms with Crippen molar-refractivity contribution in [3.63, 3.8) is 0 Å². The Balaban J connectivity index is 2.09. The number of thiophene rings is 1. The SMILES string of the molecule is O=C(O)c1ccc(NC(=O)c2cccs2)cn1. The van der Waals surface area contributed by atoms with Crippen molar-refractivity contribution in [2.75, 3.05) is 5.32 Å². The highest BCUT2D eigenvalue weighted by Crippen LogP contribution is 2.12. The van der Waals surface area contributed by atoms with Crippen LogP contribution in [-0.4, -0.2) is 22.0 Å². The maximum absolute atomic E-state index is 11.6. The van der Waals surface area contributed by atoms with Crippen molar-refractivity contribution >= 4 is 28.9 Å². The van der Waals surface area contributed by atoms with Crippen LogP contribution in [-0.2, 0) is 0 Å². The van der Waals surface area contributed by atoms with E-state index in [9.17, 15) is 9.59 Å². The molecule has 17 heavy (non-hydrogen) atoms. The van der Waals surface area contributed by atoms with Crippen molar-refractivity contribution in [2.45, 2.75) is 0 Å². The van der Waals surface area contributed by atoms with Crippen molar-refractivity contribution in [3.05, 3.63) is 46.4 Å². The van der Waals surface area contributed by atoms with Crippen molar-refractivity contribution in [3.8, 4) is 0 Å². The van der Waals surface area contributed by atoms with E-state index in [1.165, 1.54) is 29.7 Å². The monoisotopic (exact) mass is 248 g/mol. The lowest BCUT2D eigenvalue weighted by Crippen LogP contribution is -2.10. The summed E-state index contributed by atoms with van der Waals surface area (Å²) in [6.07, 6.45) is 1.31. The molecule has 0 fully saturated rings. The summed E-state index contributed by atoms with van der Waals surface area (Å²) in [4.78, 5) is 26.5. The molecule has 2 rings (SSSR count). The number of pyridine rings is 1. The number of nitrogens with zero attached hydrogens (tertiary/aromatic N) is 1. The molecule has 86 valence electrons. The number of nitrogens with one attached hydrogen (secondary N) is 1. The van der Waals surface area contributed by atoms with Crippen LogP contribution in [0.15, 0.2) is 35.8 Å². The molecule has 1 amide bonds. The minimum atomic E-state index is -1.10. The summed E-state index contributed by atoms with van der Waals surface area (Å²) >= 11 is 1.33. The minimum Gasteiger partial charge on any atom is -0.477 e. The molecule has 6 heteroatoms. The van der Waals surface area contributed by atoms with Gasteiger partial charge in [0.15, 0.2) is 0 Å². The number of carboxylic acids is 1. The van der Waals surface area contributed by atoms with E-state index in [0.29, 0.717) is 10.6 Å². The van der Waals surface area contributed by atoms with Crippen molar-refractivity contribution in [1.29, 1.82) is 0 Å². The van der Waals surface area contributed by atoms with Gasteiger partial charge in [0.1, 0.15) is 5.69 Å². The first-order valence-electron chi connectivity index (χ1n) is 4.71. The van der Waals surface area contributed by atoms with Gasteiger partial charge in [-0.25, -0.2) is 9.78 Å². The average molecular weight is 248 g/mol. The van der Waals surface area contributed by atoms with Gasteiger partial charge in [-0.15, -0.1) is 11.3 Å². The fraction of sp³-hybridized carbons (Fsp3) is 0. The fourth-order valence-corrected chi connectivity index (χ4v) is 1.81. The molecule has 2 aromatic heterocycles. The third-order valence-corrected chi connectivity index (χ3v) is 2.85. The molecule has 0 radical (unpaired) electrons. The number of carboxylic acid groups (broad SMARTS) is 1. The predicted molar refractivity (Wildman–Crippen MR) is 63.5 cm³/mol. The molecule has 2 heterocycles. The summed E-state index contributed by atoms with van der Waals surface area (Å²) in [7, 11) is 0. The van der Waals surface area contributed by atoms with Crippen LogP contribution >= 0.6 is 11.3 Å². The summed E-state index contributed by atoms with van der Waals surface area (Å²) in [5.41, 5.74) is 0.410. The molecule has 0 aromatic carbocycles. The highest BCUT2D eigenvalue weighted by Gasteiger charge is 2.08. The second-order valence-corrected chi connectivity index (χ2v) is 4.12. The Bertz CT molecular complexity index is 534. The molecule has 0 saturated heterocycles. The number of hydrogen-bond acceptors (Lipinski definition) is 4. The Morgan fingerprint density at radius 3 is 2.65 bits per heavy atom. The Kier molecular flexibility index (Phi) is 3.15. The zero-order valence-corrected chi connectivity index (χ0v) is 9.40. The lowest BCUT2D eigenvalue weighted by atomic mass is 10.3. The number of aromatic carboxylic acids is 1. The molecular weight excluding hydrogens is 240 g/mol. The van der Waals surface area contributed by atoms with Crippen LogP contribution < -0.4 is 5.32 Å². The topological polar surface area (TPSA) is 79.3 Å². The van der Waals surface area contributed by atoms with Gasteiger partial charge in [0.05, 0.1) is 16.8 Å². The number of aromatic nitrogens is 1. The van der Waals surface area contributed by atoms with Crippen molar-refractivity contribution < 1.29 is 14.7 Å². The molecule has 0 saturated carbocycles. The van der Waals surface area contributed by atoms with Crippen LogP contribution in [0.25, 0.3) is 0 Å². The highest BCUT2D eigenvalue weighted by atomic mass is 32.1. The molecule has 2 N–H and O–H groups in total. The number of carbonyl (C=O) groups is 2. The standard InChI is InChI=1S/C11H8N2O3S/c14-10(9-2-1-5-17-9)13-7-3-4-8(11(15)16)12-6-7/h1-6H,(H,13,14)(H,15,16). The summed E-state index contributed by atoms with van der Waals surface area (Å²) in [5, 5.41) is 13.1. The van der Waals surface area contributed by atoms with Crippen LogP contribution in [0, 0.1) is 0 Å². The summed E-state index contributed by atoms with van der Waals surface area (Å²) in [6.45, 7) is 0. The average Bonchev–Trinajstić information content (AvgIpc) is 2.83. The molecule has 0 unspecified atom stereocenters. The number of carbonyl (C=O) groups excluding carboxylic acids is 1. The predicted octanol–water partition coefficient (Wildman–Crippen LogP) is 2.09. The Labute approximate surface area is 101 Å². The van der Waals surface area contributed by atoms with E-state index >= 15 is 0 Å². The summed E-state index contributed by atoms with van der Waals surface area (Å²) < 4.78 is 0. The first-order chi connectivity index (χ1) is 8.16. The number of hydrogen-bond donors (Lipinski definition) is 2. The first kappa shape index (κ1) is 11.3. The van der Waals surface area contributed by atoms with E-state index in [2.05, 4.69) is 10.3 Å². The Morgan fingerprint density at radius 2 is 2.12 bits per heavy atom. The maximum atomic E-state index is 11.6. The van der Waals surface area contributed by atoms with Gasteiger partial charge in [0, 0.05) is 0 Å². The number of rotatable bonds is 3. The zero-order chi connectivity index (χ0) is 12.3. The van der Waals surface area contributed by atoms with Gasteiger partial charge in [-0.2, -0.15) is 0 Å². The highest BCUT2D eigenvalue weighted by molar-refractivity contribution is 7.12. The molecule has 5 nitrogen and oxygen atoms in total. The van der Waals surface area contributed by atoms with E-state index in [0.717, 1.165) is 0 Å². The quantitative estimate of drug-likeness (QED) is 0.871. The second kappa shape index (κ2) is 4.75. The van der Waals surface area contributed by atoms with E-state index in [-0.39, 0.29) is 11.6 Å². The van der Waals surface area contributed by atoms with Gasteiger partial charge in [0.25, 0.3) is 5.91 Å². The van der Waals surface area contributed by atoms with Gasteiger partial charge in [-0.05, 0) is 23.6 Å². The molecule has 0 bridgehead atoms. The Morgan fingerprint density at radius 1 is 1.29 bits per heavy atom. The maximum Gasteiger partial charge on any atom is 0.354 e. The molecule has 0 spiro atoms. The normalized spacial score (nSPS) is 9.88. The van der Waals surface area contributed by atoms with E-state index in [1.807, 2.05) is 0 Å². The van der Waals surface area contributed by atoms with Crippen LogP contribution in [0.2, 0.25) is 0 Å². The van der Waals surface area contributed by atoms with Crippen LogP contribution in [0.4, 0.5) is 5.69 Å². The van der Waals surface area contributed by atoms with Gasteiger partial charge in [-0.3, -0.25) is 4.79 Å². The van der Waals surface area contributed by atoms with E-state index < -0.39 is 5.97 Å². The second-order valence-electron chi connectivity index (χ2n) is 3.17. The van der Waals surface area contributed by atoms with Crippen LogP contribution in [0.5, 0.6) is 0 Å². The zero-order valence-electron chi connectivity index (χ0n) is 8.58. The third-order valence-electron chi connectivity index (χ3n) is 1.99. The van der Waals surface area contributed by atoms with E-state index in [4.69, 9.17) is 5.11 Å². The molecule has 0 aliphatic heterocycles. The summed E-state index contributed by atoms with van der Waals surface area (Å²) in [6, 6.07) is 6.33. The first-order valence-corrected chi connectivity index (χ1v) is 5.59. The van der Waals surface area contributed by atoms with Gasteiger partial charge >= 0.3 is 5.97 Å². The fourth-order valence-electron chi connectivity index (χ4n) is 1.19. The van der Waals surface area contributed by atoms with Crippen LogP contribution in [0.1, 0.15) is 20.2 Å². The molecule has 0 aliphatic carbocycles. The lowest BCUT2D eigenvalue weighted by Gasteiger charge is -2.02.